The number of thioether (sulfide) groups is 2. The Hall–Kier alpha value is -2.85. The number of fused-ring (bicyclic) bond motifs is 1. The molecule has 0 spiro atoms. The number of aromatic nitrogens is 6. The predicted molar refractivity (Wildman–Crippen MR) is 114 cm³/mol. The van der Waals surface area contributed by atoms with E-state index in [0.29, 0.717) is 11.1 Å². The van der Waals surface area contributed by atoms with Crippen LogP contribution in [0, 0.1) is 6.92 Å². The third-order valence-electron chi connectivity index (χ3n) is 4.59. The molecule has 0 aliphatic carbocycles. The summed E-state index contributed by atoms with van der Waals surface area (Å²) in [5, 5.41) is 18.3. The fourth-order valence-corrected chi connectivity index (χ4v) is 5.15. The zero-order valence-electron chi connectivity index (χ0n) is 16.1. The van der Waals surface area contributed by atoms with Crippen molar-refractivity contribution in [1.29, 1.82) is 0 Å². The molecule has 0 saturated carbocycles. The van der Waals surface area contributed by atoms with E-state index < -0.39 is 0 Å². The highest BCUT2D eigenvalue weighted by Gasteiger charge is 2.29. The van der Waals surface area contributed by atoms with E-state index in [-0.39, 0.29) is 12.6 Å². The summed E-state index contributed by atoms with van der Waals surface area (Å²) >= 11 is 3.24. The van der Waals surface area contributed by atoms with Crippen molar-refractivity contribution in [3.63, 3.8) is 0 Å². The van der Waals surface area contributed by atoms with Crippen molar-refractivity contribution in [2.24, 2.45) is 0 Å². The third kappa shape index (κ3) is 4.05. The second kappa shape index (κ2) is 8.49. The Morgan fingerprint density at radius 2 is 2.07 bits per heavy atom. The van der Waals surface area contributed by atoms with Crippen LogP contribution in [-0.4, -0.2) is 41.5 Å². The molecular weight excluding hydrogens is 420 g/mol. The number of hydrogen-bond donors (Lipinski definition) is 0. The minimum Gasteiger partial charge on any atom is -0.484 e. The predicted octanol–water partition coefficient (Wildman–Crippen LogP) is 4.05. The minimum atomic E-state index is 0.236. The molecule has 1 unspecified atom stereocenters. The van der Waals surface area contributed by atoms with Crippen LogP contribution in [0.1, 0.15) is 17.5 Å². The fourth-order valence-electron chi connectivity index (χ4n) is 3.07. The molecule has 152 valence electrons. The molecule has 30 heavy (non-hydrogen) atoms. The van der Waals surface area contributed by atoms with Gasteiger partial charge in [0.1, 0.15) is 5.75 Å². The van der Waals surface area contributed by atoms with Gasteiger partial charge in [-0.05, 0) is 31.2 Å². The van der Waals surface area contributed by atoms with E-state index in [4.69, 9.17) is 9.15 Å². The lowest BCUT2D eigenvalue weighted by Gasteiger charge is -2.12. The maximum Gasteiger partial charge on any atom is 0.276 e. The maximum atomic E-state index is 5.73. The van der Waals surface area contributed by atoms with E-state index in [1.807, 2.05) is 49.5 Å². The van der Waals surface area contributed by atoms with Crippen LogP contribution in [0.15, 0.2) is 63.6 Å². The Balaban J connectivity index is 1.21. The number of hydrogen-bond acceptors (Lipinski definition) is 9. The maximum absolute atomic E-state index is 5.73. The van der Waals surface area contributed by atoms with E-state index in [0.717, 1.165) is 33.8 Å². The van der Waals surface area contributed by atoms with Gasteiger partial charge in [0.2, 0.25) is 0 Å². The van der Waals surface area contributed by atoms with Crippen LogP contribution in [0.3, 0.4) is 0 Å². The van der Waals surface area contributed by atoms with Crippen LogP contribution in [-0.2, 0) is 6.61 Å². The van der Waals surface area contributed by atoms with Crippen LogP contribution in [0.25, 0.3) is 11.4 Å². The smallest absolute Gasteiger partial charge is 0.276 e. The molecule has 5 rings (SSSR count). The Morgan fingerprint density at radius 1 is 1.17 bits per heavy atom. The molecule has 1 aliphatic heterocycles. The van der Waals surface area contributed by atoms with Crippen molar-refractivity contribution in [2.45, 2.75) is 30.0 Å². The van der Waals surface area contributed by atoms with Crippen LogP contribution in [0.2, 0.25) is 0 Å². The quantitative estimate of drug-likeness (QED) is 0.396. The zero-order chi connectivity index (χ0) is 20.3. The molecule has 1 aliphatic rings. The largest absolute Gasteiger partial charge is 0.484 e. The van der Waals surface area contributed by atoms with Gasteiger partial charge >= 0.3 is 0 Å². The van der Waals surface area contributed by atoms with Gasteiger partial charge in [0.15, 0.2) is 17.6 Å². The summed E-state index contributed by atoms with van der Waals surface area (Å²) in [6.45, 7) is 2.29. The highest BCUT2D eigenvalue weighted by molar-refractivity contribution is 8.00. The van der Waals surface area contributed by atoms with Crippen molar-refractivity contribution in [3.8, 4) is 17.1 Å². The van der Waals surface area contributed by atoms with E-state index in [1.165, 1.54) is 17.3 Å². The molecule has 0 bridgehead atoms. The topological polar surface area (TPSA) is 91.8 Å². The van der Waals surface area contributed by atoms with Crippen molar-refractivity contribution in [1.82, 2.24) is 29.9 Å². The second-order valence-corrected chi connectivity index (χ2v) is 8.72. The number of pyridine rings is 1. The first-order valence-corrected chi connectivity index (χ1v) is 11.4. The van der Waals surface area contributed by atoms with Crippen molar-refractivity contribution in [2.75, 3.05) is 11.5 Å². The van der Waals surface area contributed by atoms with Gasteiger partial charge in [-0.1, -0.05) is 41.2 Å². The van der Waals surface area contributed by atoms with Gasteiger partial charge in [-0.15, -0.1) is 20.4 Å². The summed E-state index contributed by atoms with van der Waals surface area (Å²) in [4.78, 5) is 4.19. The minimum absolute atomic E-state index is 0.236. The van der Waals surface area contributed by atoms with Gasteiger partial charge in [-0.2, -0.15) is 0 Å². The Labute approximate surface area is 181 Å². The first kappa shape index (κ1) is 19.1. The molecule has 0 saturated heterocycles. The summed E-state index contributed by atoms with van der Waals surface area (Å²) in [6.07, 6.45) is 3.56. The van der Waals surface area contributed by atoms with Gasteiger partial charge in [0.25, 0.3) is 11.1 Å². The Morgan fingerprint density at radius 3 is 2.90 bits per heavy atom. The summed E-state index contributed by atoms with van der Waals surface area (Å²) in [6, 6.07) is 12.0. The number of benzene rings is 1. The van der Waals surface area contributed by atoms with E-state index in [9.17, 15) is 0 Å². The molecular formula is C20H18N6O2S2. The Kier molecular flexibility index (Phi) is 5.41. The second-order valence-electron chi connectivity index (χ2n) is 6.76. The van der Waals surface area contributed by atoms with Gasteiger partial charge in [-0.3, -0.25) is 9.55 Å². The number of ether oxygens (including phenoxy) is 1. The molecule has 10 heteroatoms. The molecule has 8 nitrogen and oxygen atoms in total. The molecule has 1 aromatic carbocycles. The highest BCUT2D eigenvalue weighted by atomic mass is 32.2. The average molecular weight is 439 g/mol. The van der Waals surface area contributed by atoms with E-state index in [2.05, 4.69) is 29.9 Å². The summed E-state index contributed by atoms with van der Waals surface area (Å²) in [7, 11) is 0. The van der Waals surface area contributed by atoms with E-state index >= 15 is 0 Å². The molecule has 0 fully saturated rings. The van der Waals surface area contributed by atoms with Gasteiger partial charge in [0.05, 0.1) is 6.04 Å². The highest BCUT2D eigenvalue weighted by Crippen LogP contribution is 2.38. The van der Waals surface area contributed by atoms with Crippen LogP contribution in [0.4, 0.5) is 0 Å². The number of nitrogens with zero attached hydrogens (tertiary/aromatic N) is 6. The summed E-state index contributed by atoms with van der Waals surface area (Å²) in [5.74, 6) is 3.79. The van der Waals surface area contributed by atoms with Gasteiger partial charge < -0.3 is 9.15 Å². The standard InChI is InChI=1S/C20H18N6O2S2/c1-13-4-6-16(7-5-13)27-10-17-22-25-20(28-17)30-12-15-11-29-19-24-23-18(26(15)19)14-3-2-8-21-9-14/h2-9,15H,10-12H2,1H3. The molecule has 3 aromatic heterocycles. The molecule has 4 heterocycles. The number of rotatable bonds is 7. The van der Waals surface area contributed by atoms with Crippen LogP contribution >= 0.6 is 23.5 Å². The first-order chi connectivity index (χ1) is 14.8. The van der Waals surface area contributed by atoms with Crippen LogP contribution < -0.4 is 4.74 Å². The van der Waals surface area contributed by atoms with Gasteiger partial charge in [-0.25, -0.2) is 0 Å². The SMILES string of the molecule is Cc1ccc(OCc2nnc(SCC3CSc4nnc(-c5cccnc5)n43)o2)cc1. The lowest BCUT2D eigenvalue weighted by molar-refractivity contribution is 0.252. The van der Waals surface area contributed by atoms with E-state index in [1.54, 1.807) is 18.0 Å². The molecule has 0 N–H and O–H groups in total. The monoisotopic (exact) mass is 438 g/mol. The lowest BCUT2D eigenvalue weighted by Crippen LogP contribution is -2.11. The molecule has 0 radical (unpaired) electrons. The van der Waals surface area contributed by atoms with Crippen molar-refractivity contribution >= 4 is 23.5 Å². The normalized spacial score (nSPS) is 15.3. The number of aryl methyl sites for hydroxylation is 1. The zero-order valence-corrected chi connectivity index (χ0v) is 17.8. The molecule has 0 amide bonds. The Bertz CT molecular complexity index is 1130. The molecule has 1 atom stereocenters. The van der Waals surface area contributed by atoms with Gasteiger partial charge in [0, 0.05) is 29.5 Å². The summed E-state index contributed by atoms with van der Waals surface area (Å²) in [5.41, 5.74) is 2.15. The van der Waals surface area contributed by atoms with Crippen LogP contribution in [0.5, 0.6) is 5.75 Å². The first-order valence-electron chi connectivity index (χ1n) is 9.39. The summed E-state index contributed by atoms with van der Waals surface area (Å²) < 4.78 is 13.6. The van der Waals surface area contributed by atoms with Crippen molar-refractivity contribution in [3.05, 3.63) is 60.2 Å². The fraction of sp³-hybridized carbons (Fsp3) is 0.250. The average Bonchev–Trinajstić information content (AvgIpc) is 3.50. The lowest BCUT2D eigenvalue weighted by atomic mass is 10.2. The molecule has 4 aromatic rings. The third-order valence-corrected chi connectivity index (χ3v) is 6.64. The van der Waals surface area contributed by atoms with Crippen molar-refractivity contribution < 1.29 is 9.15 Å².